The van der Waals surface area contributed by atoms with E-state index < -0.39 is 0 Å². The molecule has 402 valence electrons. The highest BCUT2D eigenvalue weighted by atomic mass is 14.3. The van der Waals surface area contributed by atoms with Crippen molar-refractivity contribution in [3.05, 3.63) is 176 Å². The Morgan fingerprint density at radius 3 is 1.08 bits per heavy atom. The molecule has 0 fully saturated rings. The number of aryl methyl sites for hydroxylation is 4. The fraction of sp³-hybridized carbons (Fsp3) is 0.583. The van der Waals surface area contributed by atoms with Gasteiger partial charge in [-0.3, -0.25) is 0 Å². The van der Waals surface area contributed by atoms with Gasteiger partial charge in [0.15, 0.2) is 0 Å². The average Bonchev–Trinajstić information content (AvgIpc) is 3.38. The molecule has 0 aliphatic heterocycles. The van der Waals surface area contributed by atoms with Crippen LogP contribution in [0.25, 0.3) is 0 Å². The molecule has 0 amide bonds. The van der Waals surface area contributed by atoms with Crippen molar-refractivity contribution >= 4 is 0 Å². The first-order valence-electron chi connectivity index (χ1n) is 29.0. The van der Waals surface area contributed by atoms with Crippen LogP contribution in [0.3, 0.4) is 0 Å². The van der Waals surface area contributed by atoms with Gasteiger partial charge in [-0.05, 0) is 187 Å². The summed E-state index contributed by atoms with van der Waals surface area (Å²) in [4.78, 5) is 0. The van der Waals surface area contributed by atoms with E-state index in [4.69, 9.17) is 0 Å². The minimum absolute atomic E-state index is 0.260. The van der Waals surface area contributed by atoms with Crippen molar-refractivity contribution in [1.82, 2.24) is 0 Å². The van der Waals surface area contributed by atoms with Crippen molar-refractivity contribution in [2.45, 2.75) is 276 Å². The van der Waals surface area contributed by atoms with Gasteiger partial charge in [-0.25, -0.2) is 0 Å². The third-order valence-corrected chi connectivity index (χ3v) is 18.3. The van der Waals surface area contributed by atoms with Gasteiger partial charge in [0.1, 0.15) is 0 Å². The summed E-state index contributed by atoms with van der Waals surface area (Å²) in [7, 11) is 0. The van der Waals surface area contributed by atoms with Gasteiger partial charge < -0.3 is 0 Å². The Kier molecular flexibility index (Phi) is 27.4. The zero-order chi connectivity index (χ0) is 55.3. The van der Waals surface area contributed by atoms with Crippen molar-refractivity contribution in [2.75, 3.05) is 0 Å². The van der Waals surface area contributed by atoms with E-state index in [0.717, 1.165) is 0 Å². The molecule has 0 saturated carbocycles. The molecular weight excluding hydrogens is 865 g/mol. The first kappa shape index (κ1) is 66.1. The summed E-state index contributed by atoms with van der Waals surface area (Å²) >= 11 is 0. The highest BCUT2D eigenvalue weighted by Crippen LogP contribution is 2.40. The molecule has 5 aromatic carbocycles. The second kappa shape index (κ2) is 29.9. The fourth-order valence-corrected chi connectivity index (χ4v) is 9.96. The molecule has 5 rings (SSSR count). The van der Waals surface area contributed by atoms with Crippen LogP contribution in [0, 0.1) is 34.6 Å². The summed E-state index contributed by atoms with van der Waals surface area (Å²) < 4.78 is 0. The normalized spacial score (nSPS) is 12.1. The lowest BCUT2D eigenvalue weighted by atomic mass is 9.70. The summed E-state index contributed by atoms with van der Waals surface area (Å²) in [5, 5.41) is 0. The van der Waals surface area contributed by atoms with Gasteiger partial charge in [-0.15, -0.1) is 0 Å². The van der Waals surface area contributed by atoms with E-state index in [0.29, 0.717) is 33.0 Å². The van der Waals surface area contributed by atoms with Crippen molar-refractivity contribution in [2.24, 2.45) is 0 Å². The molecule has 0 unspecified atom stereocenters. The van der Waals surface area contributed by atoms with Gasteiger partial charge in [0.05, 0.1) is 0 Å². The Morgan fingerprint density at radius 1 is 0.319 bits per heavy atom. The van der Waals surface area contributed by atoms with Gasteiger partial charge in [-0.2, -0.15) is 0 Å². The van der Waals surface area contributed by atoms with Crippen LogP contribution >= 0.6 is 0 Å². The van der Waals surface area contributed by atoms with E-state index in [2.05, 4.69) is 282 Å². The highest BCUT2D eigenvalue weighted by molar-refractivity contribution is 5.43. The Morgan fingerprint density at radius 2 is 0.694 bits per heavy atom. The molecule has 0 spiro atoms. The Hall–Kier alpha value is -3.90. The second-order valence-electron chi connectivity index (χ2n) is 24.4. The van der Waals surface area contributed by atoms with Gasteiger partial charge in [0.2, 0.25) is 0 Å². The van der Waals surface area contributed by atoms with Crippen LogP contribution in [0.15, 0.2) is 109 Å². The molecule has 0 N–H and O–H groups in total. The summed E-state index contributed by atoms with van der Waals surface area (Å²) in [6.07, 6.45) is 12.1. The van der Waals surface area contributed by atoms with Crippen molar-refractivity contribution in [3.63, 3.8) is 0 Å². The van der Waals surface area contributed by atoms with Crippen molar-refractivity contribution in [1.29, 1.82) is 0 Å². The molecule has 0 heteroatoms. The van der Waals surface area contributed by atoms with Crippen LogP contribution < -0.4 is 0 Å². The summed E-state index contributed by atoms with van der Waals surface area (Å²) in [5.41, 5.74) is 19.5. The van der Waals surface area contributed by atoms with Crippen molar-refractivity contribution < 1.29 is 0 Å². The zero-order valence-electron chi connectivity index (χ0n) is 52.0. The minimum atomic E-state index is 0.260. The zero-order valence-corrected chi connectivity index (χ0v) is 52.0. The molecule has 5 aromatic rings. The second-order valence-corrected chi connectivity index (χ2v) is 24.4. The maximum absolute atomic E-state index is 2.41. The Balaban J connectivity index is 0.000000454. The van der Waals surface area contributed by atoms with Gasteiger partial charge >= 0.3 is 0 Å². The quantitative estimate of drug-likeness (QED) is 0.0924. The largest absolute Gasteiger partial charge is 0.0645 e. The lowest BCUT2D eigenvalue weighted by Crippen LogP contribution is -2.26. The van der Waals surface area contributed by atoms with Gasteiger partial charge in [-0.1, -0.05) is 264 Å². The van der Waals surface area contributed by atoms with Crippen LogP contribution in [0.4, 0.5) is 0 Å². The molecule has 0 aliphatic carbocycles. The molecule has 0 aliphatic rings. The predicted molar refractivity (Wildman–Crippen MR) is 328 cm³/mol. The molecule has 72 heavy (non-hydrogen) atoms. The van der Waals surface area contributed by atoms with E-state index >= 15 is 0 Å². The maximum atomic E-state index is 2.41. The molecule has 0 atom stereocenters. The smallest absolute Gasteiger partial charge is 0.00778 e. The first-order valence-corrected chi connectivity index (χ1v) is 29.0. The van der Waals surface area contributed by atoms with E-state index in [1.807, 2.05) is 0 Å². The Labute approximate surface area is 449 Å². The third kappa shape index (κ3) is 18.5. The molecule has 0 bridgehead atoms. The van der Waals surface area contributed by atoms with Crippen LogP contribution in [-0.2, 0) is 32.5 Å². The first-order chi connectivity index (χ1) is 33.6. The molecule has 0 aromatic heterocycles. The summed E-state index contributed by atoms with van der Waals surface area (Å²) in [6, 6.07) is 40.5. The average molecular weight is 980 g/mol. The standard InChI is InChI=1S/C19H32.C14H22.3C13H20/c1-8-18(6,9-2)16-13-12-14-17(15(16)5)19(7,10-3)11-4;1-10(2)12-7-11(3)8-13(9-12)14(4,5)6;1-5-13(4,6-2)12-9-7-11(3)8-10-12;1-5-13(4,6-2)12-9-7-8-11(3)10-12;1-5-13(4,6-2)12-10-8-7-9-11(12)3/h12-14H,8-11H2,1-7H3;7-10H,1-6H3;3*7-10H,5-6H2,1-4H3. The van der Waals surface area contributed by atoms with E-state index in [9.17, 15) is 0 Å². The molecule has 0 nitrogen and oxygen atoms in total. The van der Waals surface area contributed by atoms with E-state index in [1.54, 1.807) is 11.1 Å². The third-order valence-electron chi connectivity index (χ3n) is 18.3. The molecule has 0 heterocycles. The number of hydrogen-bond acceptors (Lipinski definition) is 0. The van der Waals surface area contributed by atoms with Crippen LogP contribution in [-0.4, -0.2) is 0 Å². The highest BCUT2D eigenvalue weighted by Gasteiger charge is 2.30. The molecule has 0 radical (unpaired) electrons. The van der Waals surface area contributed by atoms with Crippen molar-refractivity contribution in [3.8, 4) is 0 Å². The lowest BCUT2D eigenvalue weighted by molar-refractivity contribution is 0.419. The predicted octanol–water partition coefficient (Wildman–Crippen LogP) is 22.8. The van der Waals surface area contributed by atoms with E-state index in [1.165, 1.54) is 120 Å². The lowest BCUT2D eigenvalue weighted by Gasteiger charge is -2.35. The topological polar surface area (TPSA) is 0 Å². The minimum Gasteiger partial charge on any atom is -0.0645 e. The number of hydrogen-bond donors (Lipinski definition) is 0. The maximum Gasteiger partial charge on any atom is -0.00778 e. The summed E-state index contributed by atoms with van der Waals surface area (Å²) in [6.45, 7) is 57.1. The number of benzene rings is 5. The van der Waals surface area contributed by atoms with Gasteiger partial charge in [0.25, 0.3) is 0 Å². The summed E-state index contributed by atoms with van der Waals surface area (Å²) in [5.74, 6) is 0.621. The number of rotatable bonds is 16. The SMILES string of the molecule is CCC(C)(CC)c1ccc(C)cc1.CCC(C)(CC)c1cccc(C(C)(CC)CC)c1C.CCC(C)(CC)c1cccc(C)c1.CCC(C)(CC)c1ccccc1C.Cc1cc(C(C)C)cc(C(C)(C)C)c1. The fourth-order valence-electron chi connectivity index (χ4n) is 9.96. The van der Waals surface area contributed by atoms with E-state index in [-0.39, 0.29) is 5.41 Å². The Bertz CT molecular complexity index is 2230. The van der Waals surface area contributed by atoms with Gasteiger partial charge in [0, 0.05) is 0 Å². The van der Waals surface area contributed by atoms with Crippen LogP contribution in [0.2, 0.25) is 0 Å². The molecule has 0 saturated heterocycles. The monoisotopic (exact) mass is 979 g/mol. The van der Waals surface area contributed by atoms with Crippen LogP contribution in [0.5, 0.6) is 0 Å². The molecular formula is C72H114. The van der Waals surface area contributed by atoms with Crippen LogP contribution in [0.1, 0.15) is 275 Å².